The summed E-state index contributed by atoms with van der Waals surface area (Å²) in [5.41, 5.74) is 10.6. The molecule has 1 aliphatic rings. The third kappa shape index (κ3) is 4.46. The largest absolute Gasteiger partial charge is 0.379 e. The second-order valence-corrected chi connectivity index (χ2v) is 6.81. The number of H-pyrrole nitrogens is 1. The fourth-order valence-corrected chi connectivity index (χ4v) is 3.34. The van der Waals surface area contributed by atoms with E-state index in [1.165, 1.54) is 13.3 Å². The van der Waals surface area contributed by atoms with Gasteiger partial charge in [0.05, 0.1) is 12.4 Å². The highest BCUT2D eigenvalue weighted by atomic mass is 16.5. The number of anilines is 3. The molecule has 0 saturated carbocycles. The van der Waals surface area contributed by atoms with Crippen LogP contribution in [-0.2, 0) is 9.53 Å². The van der Waals surface area contributed by atoms with Crippen LogP contribution < -0.4 is 38.5 Å². The molecule has 13 heteroatoms. The van der Waals surface area contributed by atoms with E-state index in [4.69, 9.17) is 21.0 Å². The van der Waals surface area contributed by atoms with Gasteiger partial charge >= 0.3 is 0 Å². The normalized spacial score (nSPS) is 18.0. The van der Waals surface area contributed by atoms with E-state index < -0.39 is 16.4 Å². The lowest BCUT2D eigenvalue weighted by Gasteiger charge is -2.18. The van der Waals surface area contributed by atoms with Crippen LogP contribution in [0.1, 0.15) is 26.0 Å². The van der Waals surface area contributed by atoms with Crippen LogP contribution in [0.3, 0.4) is 0 Å². The first-order chi connectivity index (χ1) is 14.9. The molecule has 2 unspecified atom stereocenters. The molecule has 3 aromatic rings. The first-order valence-electron chi connectivity index (χ1n) is 9.69. The predicted octanol–water partition coefficient (Wildman–Crippen LogP) is -1.34. The third-order valence-electron chi connectivity index (χ3n) is 4.71. The first-order valence-corrected chi connectivity index (χ1v) is 9.69. The number of rotatable bonds is 7. The van der Waals surface area contributed by atoms with E-state index in [1.54, 1.807) is 4.57 Å². The number of nitrogens with zero attached hydrogens (tertiary/aromatic N) is 3. The molecule has 0 aliphatic carbocycles. The summed E-state index contributed by atoms with van der Waals surface area (Å²) in [4.78, 5) is 54.7. The first kappa shape index (κ1) is 22.1. The van der Waals surface area contributed by atoms with E-state index in [0.29, 0.717) is 31.7 Å². The van der Waals surface area contributed by atoms with Crippen LogP contribution in [0.5, 0.6) is 0 Å². The Hall–Kier alpha value is -3.58. The number of imidazole rings is 1. The summed E-state index contributed by atoms with van der Waals surface area (Å²) in [5.74, 6) is 0.00747. The van der Waals surface area contributed by atoms with E-state index in [9.17, 15) is 14.4 Å². The molecular weight excluding hydrogens is 408 g/mol. The Morgan fingerprint density at radius 1 is 1.26 bits per heavy atom. The molecule has 1 fully saturated rings. The van der Waals surface area contributed by atoms with Crippen LogP contribution in [0.2, 0.25) is 0 Å². The van der Waals surface area contributed by atoms with Crippen LogP contribution in [0, 0.1) is 0 Å². The molecule has 0 bridgehead atoms. The Balaban J connectivity index is 0.000000858. The van der Waals surface area contributed by atoms with Crippen molar-refractivity contribution in [1.29, 1.82) is 0 Å². The minimum atomic E-state index is -0.548. The van der Waals surface area contributed by atoms with Crippen molar-refractivity contribution < 1.29 is 9.53 Å². The minimum Gasteiger partial charge on any atom is -0.379 e. The fraction of sp³-hybridized carbons (Fsp3) is 0.444. The number of carbonyl (C=O) groups excluding carboxylic acids is 1. The van der Waals surface area contributed by atoms with Crippen LogP contribution in [0.4, 0.5) is 17.3 Å². The number of aromatic amines is 1. The van der Waals surface area contributed by atoms with Crippen molar-refractivity contribution in [2.24, 2.45) is 5.73 Å². The highest BCUT2D eigenvalue weighted by molar-refractivity contribution is 5.74. The summed E-state index contributed by atoms with van der Waals surface area (Å²) in [6.45, 7) is 2.57. The third-order valence-corrected chi connectivity index (χ3v) is 4.71. The number of nitrogen functional groups attached to an aromatic ring is 1. The van der Waals surface area contributed by atoms with Gasteiger partial charge in [0.2, 0.25) is 5.95 Å². The topological polar surface area (TPSA) is 200 Å². The van der Waals surface area contributed by atoms with E-state index in [1.807, 2.05) is 0 Å². The zero-order valence-corrected chi connectivity index (χ0v) is 16.9. The Labute approximate surface area is 175 Å². The molecule has 2 aromatic heterocycles. The highest BCUT2D eigenvalue weighted by Crippen LogP contribution is 2.30. The van der Waals surface area contributed by atoms with Gasteiger partial charge in [-0.3, -0.25) is 23.9 Å². The lowest BCUT2D eigenvalue weighted by Crippen LogP contribution is -2.39. The van der Waals surface area contributed by atoms with Crippen molar-refractivity contribution in [2.45, 2.75) is 32.1 Å². The summed E-state index contributed by atoms with van der Waals surface area (Å²) in [7, 11) is 0. The van der Waals surface area contributed by atoms with Gasteiger partial charge < -0.3 is 31.6 Å². The van der Waals surface area contributed by atoms with Crippen molar-refractivity contribution in [2.75, 3.05) is 36.0 Å². The smallest absolute Gasteiger partial charge is 0.280 e. The molecule has 0 radical (unpaired) electrons. The summed E-state index contributed by atoms with van der Waals surface area (Å²) in [6, 6.07) is 0. The fourth-order valence-electron chi connectivity index (χ4n) is 3.34. The maximum Gasteiger partial charge on any atom is 0.280 e. The Kier molecular flexibility index (Phi) is 6.77. The Morgan fingerprint density at radius 3 is 2.61 bits per heavy atom. The maximum absolute atomic E-state index is 11.9. The van der Waals surface area contributed by atoms with Crippen molar-refractivity contribution in [3.05, 3.63) is 37.1 Å². The molecule has 1 saturated heterocycles. The standard InChI is InChI=1S/C16H20N8O4.C2H4O/c17-3-4-19-9-10(13(26)12(9)25)20-5-7-1-2-8(28-7)24-6-21-11-14(24)22-16(18)23-15(11)27;1-2-3/h6-8,19-20H,1-5,17H2,(H3,18,22,23,27);2H,1H3. The molecule has 0 spiro atoms. The van der Waals surface area contributed by atoms with Gasteiger partial charge in [0, 0.05) is 19.6 Å². The Bertz CT molecular complexity index is 1190. The molecule has 4 rings (SSSR count). The van der Waals surface area contributed by atoms with Crippen molar-refractivity contribution in [1.82, 2.24) is 19.5 Å². The van der Waals surface area contributed by atoms with Gasteiger partial charge in [-0.1, -0.05) is 0 Å². The Morgan fingerprint density at radius 2 is 1.94 bits per heavy atom. The molecule has 166 valence electrons. The molecule has 31 heavy (non-hydrogen) atoms. The molecular formula is C18H24N8O5. The van der Waals surface area contributed by atoms with Gasteiger partial charge in [-0.05, 0) is 19.8 Å². The number of aldehydes is 1. The summed E-state index contributed by atoms with van der Waals surface area (Å²) in [6.07, 6.45) is 3.10. The van der Waals surface area contributed by atoms with Crippen LogP contribution >= 0.6 is 0 Å². The number of hydrogen-bond donors (Lipinski definition) is 5. The molecule has 1 aliphatic heterocycles. The average Bonchev–Trinajstić information content (AvgIpc) is 3.37. The number of aromatic nitrogens is 4. The number of nitrogens with one attached hydrogen (secondary N) is 3. The van der Waals surface area contributed by atoms with Crippen molar-refractivity contribution in [3.8, 4) is 0 Å². The minimum absolute atomic E-state index is 0.00747. The van der Waals surface area contributed by atoms with Crippen LogP contribution in [-0.4, -0.2) is 51.5 Å². The maximum atomic E-state index is 11.9. The molecule has 0 amide bonds. The quantitative estimate of drug-likeness (QED) is 0.219. The molecule has 13 nitrogen and oxygen atoms in total. The number of fused-ring (bicyclic) bond motifs is 1. The van der Waals surface area contributed by atoms with Gasteiger partial charge in [0.15, 0.2) is 11.2 Å². The van der Waals surface area contributed by atoms with Gasteiger partial charge in [-0.25, -0.2) is 4.98 Å². The van der Waals surface area contributed by atoms with E-state index in [0.717, 1.165) is 12.7 Å². The molecule has 3 heterocycles. The number of hydrogen-bond acceptors (Lipinski definition) is 11. The predicted molar refractivity (Wildman–Crippen MR) is 115 cm³/mol. The van der Waals surface area contributed by atoms with E-state index in [-0.39, 0.29) is 35.2 Å². The van der Waals surface area contributed by atoms with Gasteiger partial charge in [-0.2, -0.15) is 4.98 Å². The second-order valence-electron chi connectivity index (χ2n) is 6.81. The van der Waals surface area contributed by atoms with Crippen molar-refractivity contribution in [3.63, 3.8) is 0 Å². The lowest BCUT2D eigenvalue weighted by atomic mass is 10.1. The number of carbonyl (C=O) groups is 1. The number of nitrogens with two attached hydrogens (primary N) is 2. The van der Waals surface area contributed by atoms with Gasteiger partial charge in [0.25, 0.3) is 16.4 Å². The highest BCUT2D eigenvalue weighted by Gasteiger charge is 2.29. The average molecular weight is 432 g/mol. The van der Waals surface area contributed by atoms with E-state index in [2.05, 4.69) is 25.6 Å². The lowest BCUT2D eigenvalue weighted by molar-refractivity contribution is -0.106. The molecule has 2 atom stereocenters. The molecule has 1 aromatic carbocycles. The van der Waals surface area contributed by atoms with E-state index >= 15 is 0 Å². The summed E-state index contributed by atoms with van der Waals surface area (Å²) in [5, 5.41) is 5.84. The summed E-state index contributed by atoms with van der Waals surface area (Å²) >= 11 is 0. The SMILES string of the molecule is CC=O.NCCNc1c(NCC2CCC(n3cnc4c(=O)[nH]c(N)nc43)O2)c(=O)c1=O. The van der Waals surface area contributed by atoms with Crippen LogP contribution in [0.15, 0.2) is 20.7 Å². The second kappa shape index (κ2) is 9.49. The monoisotopic (exact) mass is 432 g/mol. The zero-order chi connectivity index (χ0) is 22.5. The summed E-state index contributed by atoms with van der Waals surface area (Å²) < 4.78 is 7.67. The van der Waals surface area contributed by atoms with Gasteiger partial charge in [-0.15, -0.1) is 0 Å². The van der Waals surface area contributed by atoms with Crippen LogP contribution in [0.25, 0.3) is 11.2 Å². The van der Waals surface area contributed by atoms with Gasteiger partial charge in [0.1, 0.15) is 23.9 Å². The number of ether oxygens (including phenoxy) is 1. The zero-order valence-electron chi connectivity index (χ0n) is 16.9. The molecule has 7 N–H and O–H groups in total. The van der Waals surface area contributed by atoms with Crippen molar-refractivity contribution >= 4 is 34.8 Å².